The molecule has 1 amide bonds. The summed E-state index contributed by atoms with van der Waals surface area (Å²) in [6, 6.07) is 0. The average Bonchev–Trinajstić information content (AvgIpc) is 2.28. The van der Waals surface area contributed by atoms with Crippen LogP contribution in [0, 0.1) is 0 Å². The van der Waals surface area contributed by atoms with Crippen LogP contribution in [0.3, 0.4) is 0 Å². The highest BCUT2D eigenvalue weighted by molar-refractivity contribution is 5.75. The third kappa shape index (κ3) is 16.1. The van der Waals surface area contributed by atoms with E-state index in [-0.39, 0.29) is 5.91 Å². The second-order valence-electron chi connectivity index (χ2n) is 3.30. The van der Waals surface area contributed by atoms with E-state index in [1.807, 2.05) is 13.8 Å². The third-order valence-corrected chi connectivity index (χ3v) is 1.96. The predicted molar refractivity (Wildman–Crippen MR) is 66.8 cm³/mol. The van der Waals surface area contributed by atoms with Gasteiger partial charge in [-0.25, -0.2) is 0 Å². The smallest absolute Gasteiger partial charge is 0.219 e. The summed E-state index contributed by atoms with van der Waals surface area (Å²) >= 11 is 0. The number of carbonyl (C=O) groups excluding carboxylic acids is 1. The van der Waals surface area contributed by atoms with Crippen LogP contribution in [-0.4, -0.2) is 19.0 Å². The highest BCUT2D eigenvalue weighted by Gasteiger charge is 1.98. The molecule has 0 aromatic rings. The first-order valence-corrected chi connectivity index (χ1v) is 6.28. The molecular formula is C12H28N2O. The van der Waals surface area contributed by atoms with Gasteiger partial charge in [-0.2, -0.15) is 0 Å². The quantitative estimate of drug-likeness (QED) is 0.612. The molecule has 0 bridgehead atoms. The summed E-state index contributed by atoms with van der Waals surface area (Å²) in [5.74, 6) is 0.186. The van der Waals surface area contributed by atoms with Gasteiger partial charge in [-0.05, 0) is 25.8 Å². The second kappa shape index (κ2) is 15.9. The molecular weight excluding hydrogens is 188 g/mol. The van der Waals surface area contributed by atoms with E-state index >= 15 is 0 Å². The van der Waals surface area contributed by atoms with Gasteiger partial charge in [0.1, 0.15) is 0 Å². The maximum atomic E-state index is 11.1. The van der Waals surface area contributed by atoms with Crippen LogP contribution in [0.4, 0.5) is 0 Å². The molecule has 0 saturated carbocycles. The Balaban J connectivity index is 0. The van der Waals surface area contributed by atoms with Crippen LogP contribution in [-0.2, 0) is 4.79 Å². The minimum absolute atomic E-state index is 0.186. The first-order chi connectivity index (χ1) is 7.31. The summed E-state index contributed by atoms with van der Waals surface area (Å²) < 4.78 is 0. The largest absolute Gasteiger partial charge is 0.356 e. The summed E-state index contributed by atoms with van der Waals surface area (Å²) in [4.78, 5) is 11.1. The van der Waals surface area contributed by atoms with Crippen LogP contribution in [0.15, 0.2) is 0 Å². The number of nitrogens with two attached hydrogens (primary N) is 1. The first kappa shape index (κ1) is 16.8. The van der Waals surface area contributed by atoms with Crippen LogP contribution < -0.4 is 11.1 Å². The molecule has 0 rings (SSSR count). The van der Waals surface area contributed by atoms with E-state index in [9.17, 15) is 4.79 Å². The summed E-state index contributed by atoms with van der Waals surface area (Å²) in [5.41, 5.74) is 5.34. The fourth-order valence-corrected chi connectivity index (χ4v) is 1.10. The molecule has 0 aromatic carbocycles. The van der Waals surface area contributed by atoms with Crippen molar-refractivity contribution < 1.29 is 4.79 Å². The van der Waals surface area contributed by atoms with Crippen molar-refractivity contribution >= 4 is 5.91 Å². The lowest BCUT2D eigenvalue weighted by Crippen LogP contribution is -2.23. The number of amides is 1. The van der Waals surface area contributed by atoms with E-state index in [4.69, 9.17) is 5.73 Å². The Kier molecular flexibility index (Phi) is 17.8. The summed E-state index contributed by atoms with van der Waals surface area (Å²) in [7, 11) is 0. The van der Waals surface area contributed by atoms with Gasteiger partial charge in [0.2, 0.25) is 5.91 Å². The normalized spacial score (nSPS) is 9.07. The van der Waals surface area contributed by atoms with Gasteiger partial charge < -0.3 is 11.1 Å². The van der Waals surface area contributed by atoms with Crippen molar-refractivity contribution in [3.05, 3.63) is 0 Å². The zero-order chi connectivity index (χ0) is 11.9. The highest BCUT2D eigenvalue weighted by atomic mass is 16.1. The summed E-state index contributed by atoms with van der Waals surface area (Å²) in [6.07, 6.45) is 5.93. The predicted octanol–water partition coefficient (Wildman–Crippen LogP) is 2.45. The van der Waals surface area contributed by atoms with Gasteiger partial charge in [-0.1, -0.05) is 33.6 Å². The maximum Gasteiger partial charge on any atom is 0.219 e. The maximum absolute atomic E-state index is 11.1. The Morgan fingerprint density at radius 3 is 2.33 bits per heavy atom. The zero-order valence-electron chi connectivity index (χ0n) is 10.6. The Bertz CT molecular complexity index is 127. The number of hydrogen-bond acceptors (Lipinski definition) is 2. The first-order valence-electron chi connectivity index (χ1n) is 6.28. The van der Waals surface area contributed by atoms with E-state index in [0.717, 1.165) is 45.2 Å². The van der Waals surface area contributed by atoms with Crippen molar-refractivity contribution in [3.63, 3.8) is 0 Å². The number of rotatable bonds is 8. The lowest BCUT2D eigenvalue weighted by atomic mass is 10.2. The SMILES string of the molecule is CC.CCCCNC(=O)CCCCCN. The Hall–Kier alpha value is -0.570. The highest BCUT2D eigenvalue weighted by Crippen LogP contribution is 1.98. The number of unbranched alkanes of at least 4 members (excludes halogenated alkanes) is 3. The molecule has 3 N–H and O–H groups in total. The molecule has 3 heteroatoms. The molecule has 0 radical (unpaired) electrons. The summed E-state index contributed by atoms with van der Waals surface area (Å²) in [5, 5.41) is 2.89. The molecule has 0 aliphatic carbocycles. The molecule has 0 saturated heterocycles. The van der Waals surface area contributed by atoms with E-state index in [0.29, 0.717) is 6.42 Å². The van der Waals surface area contributed by atoms with Crippen LogP contribution in [0.1, 0.15) is 59.3 Å². The average molecular weight is 216 g/mol. The van der Waals surface area contributed by atoms with Crippen molar-refractivity contribution in [1.82, 2.24) is 5.32 Å². The molecule has 0 heterocycles. The van der Waals surface area contributed by atoms with Crippen LogP contribution in [0.2, 0.25) is 0 Å². The van der Waals surface area contributed by atoms with Crippen molar-refractivity contribution in [2.24, 2.45) is 5.73 Å². The molecule has 0 spiro atoms. The van der Waals surface area contributed by atoms with E-state index in [1.54, 1.807) is 0 Å². The van der Waals surface area contributed by atoms with Crippen molar-refractivity contribution in [1.29, 1.82) is 0 Å². The van der Waals surface area contributed by atoms with Gasteiger partial charge in [-0.3, -0.25) is 4.79 Å². The van der Waals surface area contributed by atoms with E-state index < -0.39 is 0 Å². The Morgan fingerprint density at radius 1 is 1.13 bits per heavy atom. The van der Waals surface area contributed by atoms with Gasteiger partial charge in [0.15, 0.2) is 0 Å². The van der Waals surface area contributed by atoms with Gasteiger partial charge in [-0.15, -0.1) is 0 Å². The molecule has 0 aromatic heterocycles. The van der Waals surface area contributed by atoms with E-state index in [2.05, 4.69) is 12.2 Å². The molecule has 15 heavy (non-hydrogen) atoms. The Labute approximate surface area is 94.8 Å². The van der Waals surface area contributed by atoms with Crippen LogP contribution in [0.25, 0.3) is 0 Å². The molecule has 92 valence electrons. The minimum atomic E-state index is 0.186. The van der Waals surface area contributed by atoms with Crippen molar-refractivity contribution in [2.45, 2.75) is 59.3 Å². The topological polar surface area (TPSA) is 55.1 Å². The zero-order valence-corrected chi connectivity index (χ0v) is 10.6. The van der Waals surface area contributed by atoms with E-state index in [1.165, 1.54) is 0 Å². The van der Waals surface area contributed by atoms with Gasteiger partial charge in [0.05, 0.1) is 0 Å². The third-order valence-electron chi connectivity index (χ3n) is 1.96. The minimum Gasteiger partial charge on any atom is -0.356 e. The van der Waals surface area contributed by atoms with Crippen LogP contribution in [0.5, 0.6) is 0 Å². The van der Waals surface area contributed by atoms with Gasteiger partial charge >= 0.3 is 0 Å². The molecule has 0 fully saturated rings. The van der Waals surface area contributed by atoms with Gasteiger partial charge in [0, 0.05) is 13.0 Å². The fraction of sp³-hybridized carbons (Fsp3) is 0.917. The van der Waals surface area contributed by atoms with Gasteiger partial charge in [0.25, 0.3) is 0 Å². The standard InChI is InChI=1S/C10H22N2O.C2H6/c1-2-3-9-12-10(13)7-5-4-6-8-11;1-2/h2-9,11H2,1H3,(H,12,13);1-2H3. The summed E-state index contributed by atoms with van der Waals surface area (Å²) in [6.45, 7) is 7.68. The monoisotopic (exact) mass is 216 g/mol. The molecule has 0 aliphatic heterocycles. The lowest BCUT2D eigenvalue weighted by molar-refractivity contribution is -0.121. The Morgan fingerprint density at radius 2 is 1.80 bits per heavy atom. The number of carbonyl (C=O) groups is 1. The molecule has 0 aliphatic rings. The second-order valence-corrected chi connectivity index (χ2v) is 3.30. The molecule has 3 nitrogen and oxygen atoms in total. The fourth-order valence-electron chi connectivity index (χ4n) is 1.10. The molecule has 0 atom stereocenters. The number of hydrogen-bond donors (Lipinski definition) is 2. The van der Waals surface area contributed by atoms with Crippen molar-refractivity contribution in [2.75, 3.05) is 13.1 Å². The lowest BCUT2D eigenvalue weighted by Gasteiger charge is -2.03. The van der Waals surface area contributed by atoms with Crippen molar-refractivity contribution in [3.8, 4) is 0 Å². The number of nitrogens with one attached hydrogen (secondary N) is 1. The van der Waals surface area contributed by atoms with Crippen LogP contribution >= 0.6 is 0 Å². The molecule has 0 unspecified atom stereocenters.